The van der Waals surface area contributed by atoms with Crippen LogP contribution < -0.4 is 5.32 Å². The van der Waals surface area contributed by atoms with Crippen LogP contribution in [0, 0.1) is 0 Å². The molecule has 0 saturated heterocycles. The molecule has 2 rings (SSSR count). The Kier molecular flexibility index (Phi) is 8.12. The number of nitrogens with one attached hydrogen (secondary N) is 1. The van der Waals surface area contributed by atoms with E-state index in [2.05, 4.69) is 30.7 Å². The van der Waals surface area contributed by atoms with Crippen molar-refractivity contribution in [1.29, 1.82) is 0 Å². The van der Waals surface area contributed by atoms with Gasteiger partial charge in [0.15, 0.2) is 14.1 Å². The smallest absolute Gasteiger partial charge is 0.328 e. The molecule has 2 N–H and O–H groups in total. The Labute approximate surface area is 193 Å². The molecule has 1 amide bonds. The van der Waals surface area contributed by atoms with Gasteiger partial charge in [-0.25, -0.2) is 9.78 Å². The van der Waals surface area contributed by atoms with E-state index >= 15 is 0 Å². The number of carbonyl (C=O) groups is 2. The zero-order valence-corrected chi connectivity index (χ0v) is 21.5. The number of benzene rings is 1. The standard InChI is InChI=1S/C23H36BN3O4Si/c1-15(13-23(2,3)32(6,7)30)20-25-19(14-27(20)4)17-10-8-16(9-11-17)12-18(21(28)31-5)26-22(24)29/h8-11,14-15,18,30H,12-13,24H2,1-7H3,(H,26,29). The number of imidazole rings is 1. The Bertz CT molecular complexity index is 951. The summed E-state index contributed by atoms with van der Waals surface area (Å²) in [5, 5.41) is 2.51. The van der Waals surface area contributed by atoms with Gasteiger partial charge >= 0.3 is 5.97 Å². The number of carbonyl (C=O) groups excluding carboxylic acids is 2. The Balaban J connectivity index is 2.18. The van der Waals surface area contributed by atoms with E-state index in [0.717, 1.165) is 29.1 Å². The summed E-state index contributed by atoms with van der Waals surface area (Å²) in [6.45, 7) is 10.4. The lowest BCUT2D eigenvalue weighted by Gasteiger charge is -2.36. The number of ether oxygens (including phenoxy) is 1. The largest absolute Gasteiger partial charge is 0.467 e. The van der Waals surface area contributed by atoms with Gasteiger partial charge in [0.1, 0.15) is 11.9 Å². The second-order valence-corrected chi connectivity index (χ2v) is 14.3. The van der Waals surface area contributed by atoms with Crippen LogP contribution in [0.4, 0.5) is 4.79 Å². The molecule has 1 heterocycles. The van der Waals surface area contributed by atoms with Crippen molar-refractivity contribution >= 4 is 27.9 Å². The molecule has 32 heavy (non-hydrogen) atoms. The van der Waals surface area contributed by atoms with E-state index in [0.29, 0.717) is 6.42 Å². The molecule has 2 unspecified atom stereocenters. The van der Waals surface area contributed by atoms with Gasteiger partial charge in [0.2, 0.25) is 7.85 Å². The zero-order chi connectivity index (χ0) is 24.3. The molecule has 9 heteroatoms. The van der Waals surface area contributed by atoms with Crippen LogP contribution in [0.5, 0.6) is 0 Å². The van der Waals surface area contributed by atoms with Crippen molar-refractivity contribution in [2.24, 2.45) is 7.05 Å². The fourth-order valence-electron chi connectivity index (χ4n) is 3.81. The topological polar surface area (TPSA) is 93.5 Å². The molecule has 0 saturated carbocycles. The third-order valence-electron chi connectivity index (χ3n) is 6.38. The maximum atomic E-state index is 11.9. The zero-order valence-electron chi connectivity index (χ0n) is 20.5. The average molecular weight is 457 g/mol. The lowest BCUT2D eigenvalue weighted by atomic mass is 9.97. The van der Waals surface area contributed by atoms with E-state index in [1.54, 1.807) is 0 Å². The molecule has 1 aromatic heterocycles. The van der Waals surface area contributed by atoms with Gasteiger partial charge in [0.05, 0.1) is 12.8 Å². The second-order valence-electron chi connectivity index (χ2n) is 9.82. The highest BCUT2D eigenvalue weighted by Gasteiger charge is 2.39. The Morgan fingerprint density at radius 2 is 1.88 bits per heavy atom. The third-order valence-corrected chi connectivity index (χ3v) is 9.90. The fraction of sp³-hybridized carbons (Fsp3) is 0.522. The van der Waals surface area contributed by atoms with E-state index in [9.17, 15) is 14.4 Å². The Hall–Kier alpha value is -2.39. The van der Waals surface area contributed by atoms with E-state index < -0.39 is 20.3 Å². The minimum atomic E-state index is -2.29. The highest BCUT2D eigenvalue weighted by molar-refractivity contribution is 6.72. The first-order chi connectivity index (χ1) is 14.7. The van der Waals surface area contributed by atoms with Crippen LogP contribution in [0.25, 0.3) is 11.3 Å². The molecule has 0 fully saturated rings. The van der Waals surface area contributed by atoms with Crippen molar-refractivity contribution in [3.63, 3.8) is 0 Å². The van der Waals surface area contributed by atoms with E-state index in [1.165, 1.54) is 15.0 Å². The van der Waals surface area contributed by atoms with Crippen LogP contribution in [0.2, 0.25) is 18.1 Å². The molecule has 0 radical (unpaired) electrons. The van der Waals surface area contributed by atoms with Crippen molar-refractivity contribution in [1.82, 2.24) is 14.9 Å². The monoisotopic (exact) mass is 457 g/mol. The molecular formula is C23H36BN3O4Si. The predicted molar refractivity (Wildman–Crippen MR) is 132 cm³/mol. The summed E-state index contributed by atoms with van der Waals surface area (Å²) in [4.78, 5) is 38.9. The number of rotatable bonds is 9. The molecule has 0 spiro atoms. The minimum absolute atomic E-state index is 0.121. The van der Waals surface area contributed by atoms with Crippen molar-refractivity contribution in [3.8, 4) is 11.3 Å². The summed E-state index contributed by atoms with van der Waals surface area (Å²) < 4.78 is 6.85. The number of esters is 1. The number of methoxy groups -OCH3 is 1. The van der Waals surface area contributed by atoms with Gasteiger partial charge in [-0.05, 0) is 30.1 Å². The Morgan fingerprint density at radius 1 is 1.28 bits per heavy atom. The molecular weight excluding hydrogens is 421 g/mol. The van der Waals surface area contributed by atoms with E-state index in [-0.39, 0.29) is 16.8 Å². The number of amides is 1. The van der Waals surface area contributed by atoms with Gasteiger partial charge in [-0.1, -0.05) is 45.0 Å². The third kappa shape index (κ3) is 6.32. The van der Waals surface area contributed by atoms with Gasteiger partial charge in [-0.15, -0.1) is 0 Å². The number of aryl methyl sites for hydroxylation is 1. The normalized spacial score (nSPS) is 14.0. The quantitative estimate of drug-likeness (QED) is 0.446. The van der Waals surface area contributed by atoms with Gasteiger partial charge in [-0.3, -0.25) is 4.79 Å². The summed E-state index contributed by atoms with van der Waals surface area (Å²) in [5.74, 6) is 0.458. The number of hydrogen-bond acceptors (Lipinski definition) is 5. The maximum absolute atomic E-state index is 11.9. The number of hydrogen-bond donors (Lipinski definition) is 2. The van der Waals surface area contributed by atoms with E-state index in [4.69, 9.17) is 9.72 Å². The maximum Gasteiger partial charge on any atom is 0.328 e. The molecule has 7 nitrogen and oxygen atoms in total. The predicted octanol–water partition coefficient (Wildman–Crippen LogP) is 2.99. The molecule has 2 aromatic rings. The van der Waals surface area contributed by atoms with Crippen LogP contribution in [0.15, 0.2) is 30.5 Å². The van der Waals surface area contributed by atoms with Crippen LogP contribution in [0.3, 0.4) is 0 Å². The van der Waals surface area contributed by atoms with Crippen molar-refractivity contribution in [2.45, 2.75) is 63.7 Å². The van der Waals surface area contributed by atoms with Gasteiger partial charge in [0.25, 0.3) is 0 Å². The molecule has 0 aliphatic heterocycles. The molecule has 1 aromatic carbocycles. The summed E-state index contributed by atoms with van der Waals surface area (Å²) >= 11 is 0. The van der Waals surface area contributed by atoms with Crippen LogP contribution in [0.1, 0.15) is 44.5 Å². The van der Waals surface area contributed by atoms with Gasteiger partial charge < -0.3 is 19.4 Å². The van der Waals surface area contributed by atoms with Crippen molar-refractivity contribution in [2.75, 3.05) is 7.11 Å². The summed E-state index contributed by atoms with van der Waals surface area (Å²) in [6, 6.07) is 7.11. The number of nitrogens with zero attached hydrogens (tertiary/aromatic N) is 2. The van der Waals surface area contributed by atoms with Crippen LogP contribution in [-0.4, -0.2) is 55.4 Å². The van der Waals surface area contributed by atoms with Crippen molar-refractivity contribution < 1.29 is 19.1 Å². The first kappa shape index (κ1) is 25.9. The van der Waals surface area contributed by atoms with Crippen molar-refractivity contribution in [3.05, 3.63) is 41.9 Å². The van der Waals surface area contributed by atoms with E-state index in [1.807, 2.05) is 50.6 Å². The minimum Gasteiger partial charge on any atom is -0.467 e. The highest BCUT2D eigenvalue weighted by atomic mass is 28.4. The van der Waals surface area contributed by atoms with Gasteiger partial charge in [0, 0.05) is 31.1 Å². The first-order valence-corrected chi connectivity index (χ1v) is 13.9. The lowest BCUT2D eigenvalue weighted by Crippen LogP contribution is -2.42. The lowest BCUT2D eigenvalue weighted by molar-refractivity contribution is -0.142. The van der Waals surface area contributed by atoms with Crippen LogP contribution >= 0.6 is 0 Å². The average Bonchev–Trinajstić information content (AvgIpc) is 3.07. The molecule has 174 valence electrons. The fourth-order valence-corrected chi connectivity index (χ4v) is 4.62. The van der Waals surface area contributed by atoms with Crippen LogP contribution in [-0.2, 0) is 23.0 Å². The highest BCUT2D eigenvalue weighted by Crippen LogP contribution is 2.43. The second kappa shape index (κ2) is 10.0. The summed E-state index contributed by atoms with van der Waals surface area (Å²) in [5.41, 5.74) is 2.78. The Morgan fingerprint density at radius 3 is 2.38 bits per heavy atom. The molecule has 0 aliphatic carbocycles. The SMILES string of the molecule is BC(=O)NC(Cc1ccc(-c2cn(C)c(C(C)CC(C)(C)[Si](C)(C)O)n2)cc1)C(=O)OC. The summed E-state index contributed by atoms with van der Waals surface area (Å²) in [6.07, 6.45) is 3.24. The molecule has 2 atom stereocenters. The molecule has 0 bridgehead atoms. The van der Waals surface area contributed by atoms with Gasteiger partial charge in [-0.2, -0.15) is 0 Å². The molecule has 0 aliphatic rings. The summed E-state index contributed by atoms with van der Waals surface area (Å²) in [7, 11) is 2.40. The first-order valence-electron chi connectivity index (χ1n) is 10.9. The number of aromatic nitrogens is 2.